The Hall–Kier alpha value is -2.41. The van der Waals surface area contributed by atoms with Gasteiger partial charge in [-0.2, -0.15) is 0 Å². The first-order valence-corrected chi connectivity index (χ1v) is 9.70. The minimum Gasteiger partial charge on any atom is -0.352 e. The van der Waals surface area contributed by atoms with Gasteiger partial charge in [-0.15, -0.1) is 11.3 Å². The number of benzene rings is 2. The van der Waals surface area contributed by atoms with Crippen molar-refractivity contribution in [3.8, 4) is 11.3 Å². The maximum absolute atomic E-state index is 12.1. The van der Waals surface area contributed by atoms with Crippen LogP contribution in [0.3, 0.4) is 0 Å². The van der Waals surface area contributed by atoms with Crippen LogP contribution in [-0.2, 0) is 4.79 Å². The Morgan fingerprint density at radius 2 is 1.85 bits per heavy atom. The fourth-order valence-electron chi connectivity index (χ4n) is 2.31. The van der Waals surface area contributed by atoms with E-state index in [1.54, 1.807) is 47.8 Å². The van der Waals surface area contributed by atoms with Gasteiger partial charge in [0.15, 0.2) is 5.13 Å². The summed E-state index contributed by atoms with van der Waals surface area (Å²) in [5, 5.41) is 8.78. The van der Waals surface area contributed by atoms with Crippen molar-refractivity contribution in [3.63, 3.8) is 0 Å². The number of carbonyl (C=O) groups excluding carboxylic acids is 2. The molecule has 0 bridgehead atoms. The molecule has 0 aliphatic carbocycles. The van der Waals surface area contributed by atoms with Crippen molar-refractivity contribution >= 4 is 51.5 Å². The molecular formula is C19H15Cl2N3O2S. The van der Waals surface area contributed by atoms with E-state index in [9.17, 15) is 9.59 Å². The van der Waals surface area contributed by atoms with Crippen LogP contribution in [0.15, 0.2) is 53.9 Å². The zero-order chi connectivity index (χ0) is 19.2. The van der Waals surface area contributed by atoms with E-state index in [0.29, 0.717) is 32.0 Å². The van der Waals surface area contributed by atoms with Crippen molar-refractivity contribution < 1.29 is 9.59 Å². The van der Waals surface area contributed by atoms with Crippen LogP contribution >= 0.6 is 34.5 Å². The molecule has 0 radical (unpaired) electrons. The molecule has 0 saturated heterocycles. The van der Waals surface area contributed by atoms with Crippen LogP contribution in [-0.4, -0.2) is 23.3 Å². The summed E-state index contributed by atoms with van der Waals surface area (Å²) in [5.41, 5.74) is 1.90. The Kier molecular flexibility index (Phi) is 6.45. The molecule has 0 aliphatic heterocycles. The molecule has 0 atom stereocenters. The van der Waals surface area contributed by atoms with Crippen LogP contribution in [0.4, 0.5) is 5.13 Å². The molecule has 0 fully saturated rings. The average Bonchev–Trinajstić information content (AvgIpc) is 3.12. The van der Waals surface area contributed by atoms with Gasteiger partial charge in [-0.3, -0.25) is 9.59 Å². The highest BCUT2D eigenvalue weighted by molar-refractivity contribution is 7.14. The van der Waals surface area contributed by atoms with Crippen LogP contribution in [0, 0.1) is 0 Å². The molecule has 2 aromatic carbocycles. The Labute approximate surface area is 170 Å². The number of anilines is 1. The number of hydrogen-bond acceptors (Lipinski definition) is 4. The average molecular weight is 420 g/mol. The number of hydrogen-bond donors (Lipinski definition) is 2. The number of nitrogens with one attached hydrogen (secondary N) is 2. The van der Waals surface area contributed by atoms with Crippen molar-refractivity contribution in [1.29, 1.82) is 0 Å². The van der Waals surface area contributed by atoms with E-state index in [4.69, 9.17) is 23.2 Å². The highest BCUT2D eigenvalue weighted by Gasteiger charge is 2.11. The molecule has 0 unspecified atom stereocenters. The van der Waals surface area contributed by atoms with E-state index >= 15 is 0 Å². The fourth-order valence-corrected chi connectivity index (χ4v) is 3.42. The van der Waals surface area contributed by atoms with Gasteiger partial charge in [0.1, 0.15) is 0 Å². The Balaban J connectivity index is 1.52. The normalized spacial score (nSPS) is 10.4. The van der Waals surface area contributed by atoms with Gasteiger partial charge in [0, 0.05) is 34.5 Å². The van der Waals surface area contributed by atoms with Gasteiger partial charge >= 0.3 is 0 Å². The Morgan fingerprint density at radius 1 is 1.07 bits per heavy atom. The largest absolute Gasteiger partial charge is 0.352 e. The minimum absolute atomic E-state index is 0.144. The summed E-state index contributed by atoms with van der Waals surface area (Å²) in [5.74, 6) is -0.447. The van der Waals surface area contributed by atoms with Crippen molar-refractivity contribution in [2.24, 2.45) is 0 Å². The molecule has 0 spiro atoms. The maximum Gasteiger partial charge on any atom is 0.251 e. The van der Waals surface area contributed by atoms with Crippen LogP contribution < -0.4 is 10.6 Å². The number of thiazole rings is 1. The molecule has 27 heavy (non-hydrogen) atoms. The van der Waals surface area contributed by atoms with Crippen LogP contribution in [0.2, 0.25) is 10.0 Å². The van der Waals surface area contributed by atoms with Crippen molar-refractivity contribution in [1.82, 2.24) is 10.3 Å². The first-order valence-electron chi connectivity index (χ1n) is 8.07. The van der Waals surface area contributed by atoms with Gasteiger partial charge in [-0.25, -0.2) is 4.98 Å². The standard InChI is InChI=1S/C19H15Cl2N3O2S/c20-13-6-7-15(21)14(10-13)16-11-27-19(23-16)24-17(25)8-9-22-18(26)12-4-2-1-3-5-12/h1-7,10-11H,8-9H2,(H,22,26)(H,23,24,25). The summed E-state index contributed by atoms with van der Waals surface area (Å²) in [6, 6.07) is 14.0. The van der Waals surface area contributed by atoms with E-state index in [-0.39, 0.29) is 24.8 Å². The number of nitrogens with zero attached hydrogens (tertiary/aromatic N) is 1. The van der Waals surface area contributed by atoms with E-state index in [1.165, 1.54) is 11.3 Å². The van der Waals surface area contributed by atoms with Gasteiger partial charge in [0.25, 0.3) is 5.91 Å². The third kappa shape index (κ3) is 5.29. The first kappa shape index (κ1) is 19.4. The third-order valence-corrected chi connectivity index (χ3v) is 4.95. The lowest BCUT2D eigenvalue weighted by Crippen LogP contribution is -2.27. The Bertz CT molecular complexity index is 961. The van der Waals surface area contributed by atoms with Crippen molar-refractivity contribution in [3.05, 3.63) is 69.5 Å². The molecule has 3 aromatic rings. The van der Waals surface area contributed by atoms with Crippen LogP contribution in [0.25, 0.3) is 11.3 Å². The molecule has 1 aromatic heterocycles. The van der Waals surface area contributed by atoms with E-state index in [2.05, 4.69) is 15.6 Å². The molecule has 0 aliphatic rings. The monoisotopic (exact) mass is 419 g/mol. The van der Waals surface area contributed by atoms with Crippen LogP contribution in [0.1, 0.15) is 16.8 Å². The van der Waals surface area contributed by atoms with Gasteiger partial charge in [0.2, 0.25) is 5.91 Å². The number of rotatable bonds is 6. The van der Waals surface area contributed by atoms with Gasteiger partial charge in [-0.05, 0) is 30.3 Å². The molecule has 8 heteroatoms. The lowest BCUT2D eigenvalue weighted by molar-refractivity contribution is -0.116. The third-order valence-electron chi connectivity index (χ3n) is 3.63. The Morgan fingerprint density at radius 3 is 2.63 bits per heavy atom. The summed E-state index contributed by atoms with van der Waals surface area (Å²) < 4.78 is 0. The number of amides is 2. The first-order chi connectivity index (χ1) is 13.0. The smallest absolute Gasteiger partial charge is 0.251 e. The summed E-state index contributed by atoms with van der Waals surface area (Å²) in [7, 11) is 0. The van der Waals surface area contributed by atoms with Gasteiger partial charge in [0.05, 0.1) is 10.7 Å². The number of carbonyl (C=O) groups is 2. The number of halogens is 2. The lowest BCUT2D eigenvalue weighted by atomic mass is 10.2. The van der Waals surface area contributed by atoms with E-state index in [1.807, 2.05) is 6.07 Å². The fraction of sp³-hybridized carbons (Fsp3) is 0.105. The molecule has 5 nitrogen and oxygen atoms in total. The molecule has 0 saturated carbocycles. The zero-order valence-corrected chi connectivity index (χ0v) is 16.4. The van der Waals surface area contributed by atoms with Crippen LogP contribution in [0.5, 0.6) is 0 Å². The predicted octanol–water partition coefficient (Wildman–Crippen LogP) is 4.88. The summed E-state index contributed by atoms with van der Waals surface area (Å²) in [6.07, 6.45) is 0.144. The second kappa shape index (κ2) is 8.99. The second-order valence-electron chi connectivity index (χ2n) is 5.58. The molecular weight excluding hydrogens is 405 g/mol. The van der Waals surface area contributed by atoms with Crippen molar-refractivity contribution in [2.75, 3.05) is 11.9 Å². The van der Waals surface area contributed by atoms with Crippen molar-refractivity contribution in [2.45, 2.75) is 6.42 Å². The zero-order valence-electron chi connectivity index (χ0n) is 14.0. The quantitative estimate of drug-likeness (QED) is 0.598. The number of aromatic nitrogens is 1. The minimum atomic E-state index is -0.235. The second-order valence-corrected chi connectivity index (χ2v) is 7.28. The molecule has 2 N–H and O–H groups in total. The predicted molar refractivity (Wildman–Crippen MR) is 110 cm³/mol. The molecule has 1 heterocycles. The van der Waals surface area contributed by atoms with Gasteiger partial charge < -0.3 is 10.6 Å². The lowest BCUT2D eigenvalue weighted by Gasteiger charge is -2.05. The topological polar surface area (TPSA) is 71.1 Å². The summed E-state index contributed by atoms with van der Waals surface area (Å²) in [4.78, 5) is 28.4. The molecule has 2 amide bonds. The molecule has 138 valence electrons. The van der Waals surface area contributed by atoms with E-state index < -0.39 is 0 Å². The summed E-state index contributed by atoms with van der Waals surface area (Å²) in [6.45, 7) is 0.234. The highest BCUT2D eigenvalue weighted by atomic mass is 35.5. The SMILES string of the molecule is O=C(CCNC(=O)c1ccccc1)Nc1nc(-c2cc(Cl)ccc2Cl)cs1. The van der Waals surface area contributed by atoms with E-state index in [0.717, 1.165) is 0 Å². The summed E-state index contributed by atoms with van der Waals surface area (Å²) >= 11 is 13.5. The van der Waals surface area contributed by atoms with Gasteiger partial charge in [-0.1, -0.05) is 41.4 Å². The maximum atomic E-state index is 12.1. The highest BCUT2D eigenvalue weighted by Crippen LogP contribution is 2.32. The molecule has 3 rings (SSSR count).